The summed E-state index contributed by atoms with van der Waals surface area (Å²) in [6.07, 6.45) is 3.60. The Labute approximate surface area is 115 Å². The summed E-state index contributed by atoms with van der Waals surface area (Å²) < 4.78 is 0.697. The predicted molar refractivity (Wildman–Crippen MR) is 80.1 cm³/mol. The first-order valence-corrected chi connectivity index (χ1v) is 6.88. The summed E-state index contributed by atoms with van der Waals surface area (Å²) in [5.41, 5.74) is 3.27. The van der Waals surface area contributed by atoms with Crippen LogP contribution in [-0.2, 0) is 0 Å². The Balaban J connectivity index is 2.02. The highest BCUT2D eigenvalue weighted by molar-refractivity contribution is 8.24. The summed E-state index contributed by atoms with van der Waals surface area (Å²) in [4.78, 5) is 8.64. The van der Waals surface area contributed by atoms with Crippen molar-refractivity contribution in [3.63, 3.8) is 0 Å². The van der Waals surface area contributed by atoms with Crippen molar-refractivity contribution in [3.8, 4) is 0 Å². The Morgan fingerprint density at radius 1 is 1.06 bits per heavy atom. The normalized spacial score (nSPS) is 18.8. The Morgan fingerprint density at radius 3 is 2.61 bits per heavy atom. The summed E-state index contributed by atoms with van der Waals surface area (Å²) >= 11 is 6.85. The number of aliphatic imine (C=N–C) groups is 1. The lowest BCUT2D eigenvalue weighted by Gasteiger charge is -2.11. The van der Waals surface area contributed by atoms with Crippen molar-refractivity contribution in [2.45, 2.75) is 5.25 Å². The Bertz CT molecular complexity index is 594. The van der Waals surface area contributed by atoms with Crippen LogP contribution in [0.5, 0.6) is 0 Å². The van der Waals surface area contributed by atoms with E-state index in [4.69, 9.17) is 12.2 Å². The van der Waals surface area contributed by atoms with E-state index in [2.05, 4.69) is 22.1 Å². The van der Waals surface area contributed by atoms with Crippen LogP contribution in [0.1, 0.15) is 16.4 Å². The van der Waals surface area contributed by atoms with Crippen molar-refractivity contribution in [1.29, 1.82) is 0 Å². The molecule has 0 fully saturated rings. The first-order valence-electron chi connectivity index (χ1n) is 5.59. The minimum absolute atomic E-state index is 0.183. The van der Waals surface area contributed by atoms with Crippen LogP contribution in [0, 0.1) is 0 Å². The molecular formula is C14H10N2S2. The molecule has 1 aromatic carbocycles. The fourth-order valence-electron chi connectivity index (χ4n) is 1.92. The highest BCUT2D eigenvalue weighted by Gasteiger charge is 2.28. The second-order valence-electron chi connectivity index (χ2n) is 3.91. The van der Waals surface area contributed by atoms with E-state index in [9.17, 15) is 0 Å². The van der Waals surface area contributed by atoms with E-state index in [0.717, 1.165) is 11.3 Å². The zero-order valence-corrected chi connectivity index (χ0v) is 11.1. The summed E-state index contributed by atoms with van der Waals surface area (Å²) in [7, 11) is 0. The average Bonchev–Trinajstić information content (AvgIpc) is 2.83. The highest BCUT2D eigenvalue weighted by atomic mass is 32.2. The van der Waals surface area contributed by atoms with Crippen molar-refractivity contribution >= 4 is 34.0 Å². The highest BCUT2D eigenvalue weighted by Crippen LogP contribution is 2.39. The molecule has 1 aromatic heterocycles. The quantitative estimate of drug-likeness (QED) is 0.779. The molecule has 0 bridgehead atoms. The zero-order valence-electron chi connectivity index (χ0n) is 9.48. The molecule has 88 valence electrons. The molecule has 0 N–H and O–H groups in total. The van der Waals surface area contributed by atoms with Crippen molar-refractivity contribution in [2.24, 2.45) is 4.99 Å². The fourth-order valence-corrected chi connectivity index (χ4v) is 3.26. The van der Waals surface area contributed by atoms with Gasteiger partial charge in [-0.25, -0.2) is 4.99 Å². The number of thioether (sulfide) groups is 1. The van der Waals surface area contributed by atoms with Gasteiger partial charge in [0.25, 0.3) is 0 Å². The average molecular weight is 270 g/mol. The number of hydrogen-bond donors (Lipinski definition) is 0. The van der Waals surface area contributed by atoms with Crippen LogP contribution in [0.3, 0.4) is 0 Å². The number of rotatable bonds is 2. The van der Waals surface area contributed by atoms with Crippen molar-refractivity contribution in [2.75, 3.05) is 0 Å². The van der Waals surface area contributed by atoms with Gasteiger partial charge in [-0.05, 0) is 11.6 Å². The van der Waals surface area contributed by atoms with Crippen molar-refractivity contribution < 1.29 is 0 Å². The van der Waals surface area contributed by atoms with Gasteiger partial charge in [0.05, 0.1) is 11.0 Å². The Kier molecular flexibility index (Phi) is 3.21. The van der Waals surface area contributed by atoms with E-state index in [1.165, 1.54) is 5.56 Å². The number of nitrogens with zero attached hydrogens (tertiary/aromatic N) is 2. The maximum absolute atomic E-state index is 5.23. The molecule has 1 unspecified atom stereocenters. The molecule has 1 aliphatic rings. The molecular weight excluding hydrogens is 260 g/mol. The van der Waals surface area contributed by atoms with E-state index >= 15 is 0 Å². The van der Waals surface area contributed by atoms with Crippen LogP contribution in [0.25, 0.3) is 0 Å². The molecule has 0 saturated carbocycles. The maximum atomic E-state index is 5.23. The summed E-state index contributed by atoms with van der Waals surface area (Å²) in [6.45, 7) is 0. The predicted octanol–water partition coefficient (Wildman–Crippen LogP) is 3.64. The number of pyridine rings is 1. The second-order valence-corrected chi connectivity index (χ2v) is 5.65. The lowest BCUT2D eigenvalue weighted by atomic mass is 10.0. The molecule has 2 nitrogen and oxygen atoms in total. The van der Waals surface area contributed by atoms with E-state index < -0.39 is 0 Å². The first-order chi connectivity index (χ1) is 8.84. The van der Waals surface area contributed by atoms with Gasteiger partial charge in [-0.3, -0.25) is 4.98 Å². The van der Waals surface area contributed by atoms with E-state index in [1.54, 1.807) is 18.0 Å². The van der Waals surface area contributed by atoms with E-state index in [0.29, 0.717) is 4.32 Å². The standard InChI is InChI=1S/C14H10N2S2/c17-14-16-12(11-7-4-8-15-9-11)13(18-14)10-5-2-1-3-6-10/h1-9,13H. The molecule has 1 aliphatic heterocycles. The Morgan fingerprint density at radius 2 is 1.89 bits per heavy atom. The smallest absolute Gasteiger partial charge is 0.161 e. The monoisotopic (exact) mass is 270 g/mol. The summed E-state index contributed by atoms with van der Waals surface area (Å²) in [6, 6.07) is 14.3. The van der Waals surface area contributed by atoms with Crippen molar-refractivity contribution in [1.82, 2.24) is 4.98 Å². The third-order valence-corrected chi connectivity index (χ3v) is 4.14. The number of aromatic nitrogens is 1. The van der Waals surface area contributed by atoms with Gasteiger partial charge in [0.2, 0.25) is 0 Å². The van der Waals surface area contributed by atoms with Crippen molar-refractivity contribution in [3.05, 3.63) is 66.0 Å². The lowest BCUT2D eigenvalue weighted by molar-refractivity contribution is 1.26. The number of benzene rings is 1. The molecule has 0 aliphatic carbocycles. The van der Waals surface area contributed by atoms with E-state index in [-0.39, 0.29) is 5.25 Å². The second kappa shape index (κ2) is 5.00. The molecule has 2 heterocycles. The molecule has 1 atom stereocenters. The van der Waals surface area contributed by atoms with Gasteiger partial charge >= 0.3 is 0 Å². The molecule has 0 radical (unpaired) electrons. The van der Waals surface area contributed by atoms with Gasteiger partial charge in [-0.15, -0.1) is 0 Å². The van der Waals surface area contributed by atoms with Crippen LogP contribution < -0.4 is 0 Å². The SMILES string of the molecule is S=C1N=C(c2cccnc2)C(c2ccccc2)S1. The third kappa shape index (κ3) is 2.21. The molecule has 0 spiro atoms. The van der Waals surface area contributed by atoms with Gasteiger partial charge in [-0.2, -0.15) is 0 Å². The summed E-state index contributed by atoms with van der Waals surface area (Å²) in [5.74, 6) is 0. The molecule has 0 saturated heterocycles. The van der Waals surface area contributed by atoms with Gasteiger partial charge in [0.15, 0.2) is 4.32 Å². The maximum Gasteiger partial charge on any atom is 0.161 e. The van der Waals surface area contributed by atoms with E-state index in [1.807, 2.05) is 36.5 Å². The zero-order chi connectivity index (χ0) is 12.4. The van der Waals surface area contributed by atoms with Gasteiger partial charge in [0, 0.05) is 18.0 Å². The largest absolute Gasteiger partial charge is 0.264 e. The molecule has 18 heavy (non-hydrogen) atoms. The third-order valence-electron chi connectivity index (χ3n) is 2.74. The number of thiocarbonyl (C=S) groups is 1. The van der Waals surface area contributed by atoms with Gasteiger partial charge in [0.1, 0.15) is 0 Å². The topological polar surface area (TPSA) is 25.2 Å². The molecule has 4 heteroatoms. The molecule has 3 rings (SSSR count). The van der Waals surface area contributed by atoms with Crippen LogP contribution in [0.15, 0.2) is 59.9 Å². The number of hydrogen-bond acceptors (Lipinski definition) is 3. The van der Waals surface area contributed by atoms with Gasteiger partial charge < -0.3 is 0 Å². The first kappa shape index (κ1) is 11.6. The van der Waals surface area contributed by atoms with Crippen LogP contribution in [0.4, 0.5) is 0 Å². The minimum atomic E-state index is 0.183. The van der Waals surface area contributed by atoms with Gasteiger partial charge in [-0.1, -0.05) is 60.4 Å². The minimum Gasteiger partial charge on any atom is -0.264 e. The van der Waals surface area contributed by atoms with Crippen LogP contribution >= 0.6 is 24.0 Å². The van der Waals surface area contributed by atoms with Crippen LogP contribution in [-0.4, -0.2) is 15.0 Å². The Hall–Kier alpha value is -1.52. The fraction of sp³-hybridized carbons (Fsp3) is 0.0714. The lowest BCUT2D eigenvalue weighted by Crippen LogP contribution is -2.07. The summed E-state index contributed by atoms with van der Waals surface area (Å²) in [5, 5.41) is 0.183. The molecule has 2 aromatic rings. The van der Waals surface area contributed by atoms with Crippen LogP contribution in [0.2, 0.25) is 0 Å². The molecule has 0 amide bonds.